The normalized spacial score (nSPS) is 20.5. The van der Waals surface area contributed by atoms with E-state index in [1.54, 1.807) is 6.07 Å². The maximum absolute atomic E-state index is 13.4. The van der Waals surface area contributed by atoms with Gasteiger partial charge in [0.1, 0.15) is 5.82 Å². The number of halogens is 2. The number of hydrogen-bond acceptors (Lipinski definition) is 2. The zero-order valence-electron chi connectivity index (χ0n) is 8.00. The maximum atomic E-state index is 13.4. The lowest BCUT2D eigenvalue weighted by Gasteiger charge is -2.07. The van der Waals surface area contributed by atoms with Crippen molar-refractivity contribution < 1.29 is 13.9 Å². The highest BCUT2D eigenvalue weighted by atomic mass is 79.9. The second-order valence-corrected chi connectivity index (χ2v) is 4.46. The minimum Gasteiger partial charge on any atom is -0.381 e. The van der Waals surface area contributed by atoms with Gasteiger partial charge >= 0.3 is 0 Å². The van der Waals surface area contributed by atoms with Crippen molar-refractivity contribution in [2.24, 2.45) is 5.92 Å². The van der Waals surface area contributed by atoms with Crippen molar-refractivity contribution in [3.05, 3.63) is 34.1 Å². The summed E-state index contributed by atoms with van der Waals surface area (Å²) in [5, 5.41) is 0. The standard InChI is InChI=1S/C11H10BrFO2/c12-8-1-2-10(13)9(5-8)11(14)7-3-4-15-6-7/h1-2,5,7H,3-4,6H2. The second kappa shape index (κ2) is 4.41. The van der Waals surface area contributed by atoms with Gasteiger partial charge in [-0.2, -0.15) is 0 Å². The van der Waals surface area contributed by atoms with E-state index in [1.807, 2.05) is 0 Å². The van der Waals surface area contributed by atoms with Crippen LogP contribution in [-0.2, 0) is 4.74 Å². The zero-order valence-corrected chi connectivity index (χ0v) is 9.59. The quantitative estimate of drug-likeness (QED) is 0.774. The van der Waals surface area contributed by atoms with Gasteiger partial charge in [-0.25, -0.2) is 4.39 Å². The summed E-state index contributed by atoms with van der Waals surface area (Å²) in [5.74, 6) is -0.810. The van der Waals surface area contributed by atoms with E-state index >= 15 is 0 Å². The molecule has 0 bridgehead atoms. The smallest absolute Gasteiger partial charge is 0.171 e. The van der Waals surface area contributed by atoms with Crippen LogP contribution in [0.1, 0.15) is 16.8 Å². The van der Waals surface area contributed by atoms with E-state index in [0.717, 1.165) is 0 Å². The van der Waals surface area contributed by atoms with Crippen molar-refractivity contribution in [2.45, 2.75) is 6.42 Å². The Bertz CT molecular complexity index is 386. The summed E-state index contributed by atoms with van der Waals surface area (Å²) < 4.78 is 19.2. The van der Waals surface area contributed by atoms with Crippen molar-refractivity contribution in [3.8, 4) is 0 Å². The number of carbonyl (C=O) groups is 1. The summed E-state index contributed by atoms with van der Waals surface area (Å²) in [6.07, 6.45) is 0.685. The fraction of sp³-hybridized carbons (Fsp3) is 0.364. The number of hydrogen-bond donors (Lipinski definition) is 0. The molecule has 1 heterocycles. The predicted octanol–water partition coefficient (Wildman–Crippen LogP) is 2.81. The molecule has 80 valence electrons. The molecule has 1 atom stereocenters. The Morgan fingerprint density at radius 1 is 1.53 bits per heavy atom. The van der Waals surface area contributed by atoms with E-state index < -0.39 is 5.82 Å². The number of benzene rings is 1. The minimum absolute atomic E-state index is 0.153. The van der Waals surface area contributed by atoms with E-state index in [0.29, 0.717) is 24.1 Å². The van der Waals surface area contributed by atoms with Crippen molar-refractivity contribution >= 4 is 21.7 Å². The molecule has 1 fully saturated rings. The Labute approximate surface area is 95.6 Å². The Kier molecular flexibility index (Phi) is 3.17. The third-order valence-electron chi connectivity index (χ3n) is 2.49. The molecule has 1 saturated heterocycles. The van der Waals surface area contributed by atoms with Gasteiger partial charge in [0.2, 0.25) is 0 Å². The first-order chi connectivity index (χ1) is 7.18. The van der Waals surface area contributed by atoms with Crippen LogP contribution in [0.3, 0.4) is 0 Å². The van der Waals surface area contributed by atoms with Gasteiger partial charge in [0, 0.05) is 17.0 Å². The highest BCUT2D eigenvalue weighted by Crippen LogP contribution is 2.22. The van der Waals surface area contributed by atoms with E-state index in [2.05, 4.69) is 15.9 Å². The van der Waals surface area contributed by atoms with Gasteiger partial charge in [-0.3, -0.25) is 4.79 Å². The molecule has 0 spiro atoms. The molecule has 1 unspecified atom stereocenters. The molecule has 1 aromatic carbocycles. The molecule has 0 aliphatic carbocycles. The molecule has 1 aliphatic rings. The van der Waals surface area contributed by atoms with E-state index in [-0.39, 0.29) is 17.3 Å². The topological polar surface area (TPSA) is 26.3 Å². The fourth-order valence-corrected chi connectivity index (χ4v) is 2.01. The molecule has 0 amide bonds. The van der Waals surface area contributed by atoms with E-state index in [4.69, 9.17) is 4.74 Å². The average Bonchev–Trinajstić information content (AvgIpc) is 2.74. The molecule has 4 heteroatoms. The van der Waals surface area contributed by atoms with Gasteiger partial charge in [0.05, 0.1) is 12.2 Å². The van der Waals surface area contributed by atoms with Crippen LogP contribution in [0.5, 0.6) is 0 Å². The van der Waals surface area contributed by atoms with Gasteiger partial charge in [0.15, 0.2) is 5.78 Å². The third kappa shape index (κ3) is 2.26. The highest BCUT2D eigenvalue weighted by molar-refractivity contribution is 9.10. The summed E-state index contributed by atoms with van der Waals surface area (Å²) in [7, 11) is 0. The van der Waals surface area contributed by atoms with Crippen LogP contribution in [0.15, 0.2) is 22.7 Å². The van der Waals surface area contributed by atoms with Gasteiger partial charge in [-0.05, 0) is 24.6 Å². The first-order valence-electron chi connectivity index (χ1n) is 4.75. The van der Waals surface area contributed by atoms with Gasteiger partial charge in [-0.1, -0.05) is 15.9 Å². The number of rotatable bonds is 2. The lowest BCUT2D eigenvalue weighted by molar-refractivity contribution is 0.0896. The summed E-state index contributed by atoms with van der Waals surface area (Å²) in [4.78, 5) is 11.9. The molecule has 1 aromatic rings. The molecule has 0 aromatic heterocycles. The molecule has 1 aliphatic heterocycles. The molecular formula is C11H10BrFO2. The Hall–Kier alpha value is -0.740. The average molecular weight is 273 g/mol. The second-order valence-electron chi connectivity index (χ2n) is 3.55. The van der Waals surface area contributed by atoms with Crippen LogP contribution in [0.4, 0.5) is 4.39 Å². The molecule has 0 saturated carbocycles. The van der Waals surface area contributed by atoms with Crippen molar-refractivity contribution in [1.82, 2.24) is 0 Å². The number of ketones is 1. The van der Waals surface area contributed by atoms with E-state index in [9.17, 15) is 9.18 Å². The lowest BCUT2D eigenvalue weighted by atomic mass is 9.97. The van der Waals surface area contributed by atoms with Crippen LogP contribution >= 0.6 is 15.9 Å². The SMILES string of the molecule is O=C(c1cc(Br)ccc1F)C1CCOC1. The molecular weight excluding hydrogens is 263 g/mol. The van der Waals surface area contributed by atoms with Crippen molar-refractivity contribution in [1.29, 1.82) is 0 Å². The van der Waals surface area contributed by atoms with Crippen LogP contribution in [-0.4, -0.2) is 19.0 Å². The van der Waals surface area contributed by atoms with Gasteiger partial charge in [-0.15, -0.1) is 0 Å². The summed E-state index contributed by atoms with van der Waals surface area (Å²) in [6, 6.07) is 4.40. The molecule has 0 radical (unpaired) electrons. The molecule has 2 nitrogen and oxygen atoms in total. The summed E-state index contributed by atoms with van der Waals surface area (Å²) >= 11 is 3.22. The lowest BCUT2D eigenvalue weighted by Crippen LogP contribution is -2.16. The molecule has 15 heavy (non-hydrogen) atoms. The highest BCUT2D eigenvalue weighted by Gasteiger charge is 2.26. The third-order valence-corrected chi connectivity index (χ3v) is 2.99. The maximum Gasteiger partial charge on any atom is 0.171 e. The van der Waals surface area contributed by atoms with Crippen molar-refractivity contribution in [3.63, 3.8) is 0 Å². The first kappa shape index (κ1) is 10.8. The van der Waals surface area contributed by atoms with Crippen LogP contribution < -0.4 is 0 Å². The Morgan fingerprint density at radius 2 is 2.33 bits per heavy atom. The minimum atomic E-state index is -0.463. The summed E-state index contributed by atoms with van der Waals surface area (Å²) in [5.41, 5.74) is 0.153. The van der Waals surface area contributed by atoms with E-state index in [1.165, 1.54) is 12.1 Å². The zero-order chi connectivity index (χ0) is 10.8. The predicted molar refractivity (Wildman–Crippen MR) is 57.4 cm³/mol. The number of Topliss-reactive ketones (excluding diaryl/α,β-unsaturated/α-hetero) is 1. The van der Waals surface area contributed by atoms with Crippen LogP contribution in [0.25, 0.3) is 0 Å². The van der Waals surface area contributed by atoms with Gasteiger partial charge < -0.3 is 4.74 Å². The largest absolute Gasteiger partial charge is 0.381 e. The first-order valence-corrected chi connectivity index (χ1v) is 5.55. The monoisotopic (exact) mass is 272 g/mol. The number of carbonyl (C=O) groups excluding carboxylic acids is 1. The van der Waals surface area contributed by atoms with Crippen LogP contribution in [0.2, 0.25) is 0 Å². The van der Waals surface area contributed by atoms with Crippen LogP contribution in [0, 0.1) is 11.7 Å². The molecule has 0 N–H and O–H groups in total. The Balaban J connectivity index is 2.27. The fourth-order valence-electron chi connectivity index (χ4n) is 1.65. The van der Waals surface area contributed by atoms with Gasteiger partial charge in [0.25, 0.3) is 0 Å². The Morgan fingerprint density at radius 3 is 3.00 bits per heavy atom. The summed E-state index contributed by atoms with van der Waals surface area (Å²) in [6.45, 7) is 0.997. The number of ether oxygens (including phenoxy) is 1. The molecule has 2 rings (SSSR count). The van der Waals surface area contributed by atoms with Crippen molar-refractivity contribution in [2.75, 3.05) is 13.2 Å².